The SMILES string of the molecule is Cl.O=S(=O)(O)O.[Cr].[H+].[KH]. The number of rotatable bonds is 0. The van der Waals surface area contributed by atoms with E-state index in [0.717, 1.165) is 0 Å². The second kappa shape index (κ2) is 9.33. The minimum absolute atomic E-state index is 0. The van der Waals surface area contributed by atoms with Gasteiger partial charge in [-0.05, 0) is 0 Å². The number of hydrogen-bond donors (Lipinski definition) is 2. The van der Waals surface area contributed by atoms with Crippen molar-refractivity contribution < 1.29 is 36.3 Å². The minimum atomic E-state index is -4.67. The van der Waals surface area contributed by atoms with Crippen LogP contribution >= 0.6 is 12.4 Å². The summed E-state index contributed by atoms with van der Waals surface area (Å²) in [5.74, 6) is 0. The Kier molecular flexibility index (Phi) is 26.2. The zero-order valence-corrected chi connectivity index (χ0v) is 5.84. The van der Waals surface area contributed by atoms with Crippen LogP contribution in [0.4, 0.5) is 0 Å². The van der Waals surface area contributed by atoms with Gasteiger partial charge < -0.3 is 0 Å². The van der Waals surface area contributed by atoms with Gasteiger partial charge in [0.15, 0.2) is 0 Å². The van der Waals surface area contributed by atoms with Crippen LogP contribution in [-0.2, 0) is 27.8 Å². The van der Waals surface area contributed by atoms with Crippen LogP contribution in [0, 0.1) is 0 Å². The molecular weight excluding hydrogens is 223 g/mol. The fraction of sp³-hybridized carbons (Fsp3) is 0. The maximum atomic E-state index is 8.74. The molecule has 0 aromatic carbocycles. The van der Waals surface area contributed by atoms with Crippen LogP contribution in [-0.4, -0.2) is 68.9 Å². The van der Waals surface area contributed by atoms with Crippen LogP contribution < -0.4 is 0 Å². The average molecular weight is 228 g/mol. The summed E-state index contributed by atoms with van der Waals surface area (Å²) in [6.07, 6.45) is 0. The van der Waals surface area contributed by atoms with Gasteiger partial charge in [0, 0.05) is 17.4 Å². The molecular formula is H5ClCrKO4S+. The molecule has 0 aromatic rings. The third kappa shape index (κ3) is 82.5. The predicted molar refractivity (Wildman–Crippen MR) is 29.7 cm³/mol. The van der Waals surface area contributed by atoms with E-state index in [9.17, 15) is 0 Å². The molecule has 4 nitrogen and oxygen atoms in total. The maximum absolute atomic E-state index is 8.74. The molecule has 0 unspecified atom stereocenters. The van der Waals surface area contributed by atoms with E-state index in [1.54, 1.807) is 0 Å². The van der Waals surface area contributed by atoms with Gasteiger partial charge in [0.05, 0.1) is 0 Å². The van der Waals surface area contributed by atoms with Gasteiger partial charge in [0.1, 0.15) is 0 Å². The molecule has 0 atom stereocenters. The van der Waals surface area contributed by atoms with E-state index < -0.39 is 10.4 Å². The van der Waals surface area contributed by atoms with E-state index >= 15 is 0 Å². The Morgan fingerprint density at radius 3 is 1.25 bits per heavy atom. The van der Waals surface area contributed by atoms with Crippen molar-refractivity contribution in [2.24, 2.45) is 0 Å². The fourth-order valence-corrected chi connectivity index (χ4v) is 0. The Labute approximate surface area is 108 Å². The Hall–Kier alpha value is 2.33. The molecule has 0 aromatic heterocycles. The van der Waals surface area contributed by atoms with Crippen molar-refractivity contribution in [1.82, 2.24) is 0 Å². The van der Waals surface area contributed by atoms with E-state index in [2.05, 4.69) is 0 Å². The summed E-state index contributed by atoms with van der Waals surface area (Å²) >= 11 is 0. The molecule has 0 rings (SSSR count). The van der Waals surface area contributed by atoms with Crippen LogP contribution in [0.25, 0.3) is 0 Å². The van der Waals surface area contributed by atoms with Crippen molar-refractivity contribution >= 4 is 74.2 Å². The molecule has 0 aliphatic heterocycles. The molecule has 0 spiro atoms. The van der Waals surface area contributed by atoms with Crippen molar-refractivity contribution in [3.63, 3.8) is 0 Å². The van der Waals surface area contributed by atoms with E-state index in [4.69, 9.17) is 17.5 Å². The summed E-state index contributed by atoms with van der Waals surface area (Å²) in [5.41, 5.74) is 0. The summed E-state index contributed by atoms with van der Waals surface area (Å²) in [6.45, 7) is 0. The molecule has 0 radical (unpaired) electrons. The van der Waals surface area contributed by atoms with Gasteiger partial charge in [0.2, 0.25) is 0 Å². The first kappa shape index (κ1) is 22.4. The summed E-state index contributed by atoms with van der Waals surface area (Å²) in [6, 6.07) is 0. The molecule has 48 valence electrons. The topological polar surface area (TPSA) is 74.6 Å². The van der Waals surface area contributed by atoms with Crippen molar-refractivity contribution in [3.05, 3.63) is 0 Å². The average Bonchev–Trinajstić information content (AvgIpc) is 0.722. The van der Waals surface area contributed by atoms with E-state index in [0.29, 0.717) is 0 Å². The normalized spacial score (nSPS) is 7.25. The van der Waals surface area contributed by atoms with Crippen LogP contribution in [0.1, 0.15) is 1.43 Å². The zero-order chi connectivity index (χ0) is 4.50. The van der Waals surface area contributed by atoms with Gasteiger partial charge in [-0.1, -0.05) is 0 Å². The van der Waals surface area contributed by atoms with Gasteiger partial charge >= 0.3 is 63.2 Å². The molecule has 0 aliphatic carbocycles. The quantitative estimate of drug-likeness (QED) is 0.421. The van der Waals surface area contributed by atoms with Crippen molar-refractivity contribution in [2.75, 3.05) is 0 Å². The van der Waals surface area contributed by atoms with E-state index in [-0.39, 0.29) is 82.6 Å². The molecule has 8 heavy (non-hydrogen) atoms. The second-order valence-corrected chi connectivity index (χ2v) is 1.34. The van der Waals surface area contributed by atoms with Crippen molar-refractivity contribution in [3.8, 4) is 0 Å². The van der Waals surface area contributed by atoms with Crippen LogP contribution in [0.2, 0.25) is 0 Å². The van der Waals surface area contributed by atoms with Crippen molar-refractivity contribution in [2.45, 2.75) is 0 Å². The second-order valence-electron chi connectivity index (χ2n) is 0.448. The summed E-state index contributed by atoms with van der Waals surface area (Å²) < 4.78 is 31.6. The summed E-state index contributed by atoms with van der Waals surface area (Å²) in [4.78, 5) is 0. The summed E-state index contributed by atoms with van der Waals surface area (Å²) in [5, 5.41) is 0. The molecule has 0 fully saturated rings. The molecule has 0 bridgehead atoms. The first-order chi connectivity index (χ1) is 2.00. The molecule has 0 aliphatic rings. The summed E-state index contributed by atoms with van der Waals surface area (Å²) in [7, 11) is -4.67. The third-order valence-corrected chi connectivity index (χ3v) is 0. The molecule has 0 saturated heterocycles. The Bertz CT molecular complexity index is 104. The van der Waals surface area contributed by atoms with Crippen LogP contribution in [0.15, 0.2) is 0 Å². The first-order valence-electron chi connectivity index (χ1n) is 0.698. The zero-order valence-electron chi connectivity index (χ0n) is 3.94. The van der Waals surface area contributed by atoms with E-state index in [1.807, 2.05) is 0 Å². The molecule has 0 amide bonds. The van der Waals surface area contributed by atoms with Gasteiger partial charge in [-0.3, -0.25) is 9.11 Å². The fourth-order valence-electron chi connectivity index (χ4n) is 0. The Morgan fingerprint density at radius 1 is 1.25 bits per heavy atom. The van der Waals surface area contributed by atoms with Crippen LogP contribution in [0.3, 0.4) is 0 Å². The van der Waals surface area contributed by atoms with Crippen molar-refractivity contribution in [1.29, 1.82) is 0 Å². The first-order valence-corrected chi connectivity index (χ1v) is 2.10. The van der Waals surface area contributed by atoms with Crippen LogP contribution in [0.5, 0.6) is 0 Å². The standard InChI is InChI=1S/ClH.Cr.K.H2O4S.H/c;;;1-5(2,3)4;/h1H;;;(H2,1,2,3,4);/p+1. The molecule has 0 heterocycles. The molecule has 8 heteroatoms. The van der Waals surface area contributed by atoms with E-state index in [1.165, 1.54) is 0 Å². The molecule has 0 saturated carbocycles. The third-order valence-electron chi connectivity index (χ3n) is 0. The van der Waals surface area contributed by atoms with Gasteiger partial charge in [-0.2, -0.15) is 8.42 Å². The molecule has 2 N–H and O–H groups in total. The van der Waals surface area contributed by atoms with Gasteiger partial charge in [-0.25, -0.2) is 0 Å². The monoisotopic (exact) mass is 227 g/mol. The Balaban J connectivity index is -0.0000000133. The van der Waals surface area contributed by atoms with Gasteiger partial charge in [-0.15, -0.1) is 12.4 Å². The number of hydrogen-bond acceptors (Lipinski definition) is 2. The number of halogens is 1. The Morgan fingerprint density at radius 2 is 1.25 bits per heavy atom. The predicted octanol–water partition coefficient (Wildman–Crippen LogP) is -0.769. The van der Waals surface area contributed by atoms with Gasteiger partial charge in [0.25, 0.3) is 0 Å².